The second-order valence-corrected chi connectivity index (χ2v) is 16.6. The minimum absolute atomic E-state index is 0.0106. The third-order valence-electron chi connectivity index (χ3n) is 10.3. The molecule has 5 amide bonds. The van der Waals surface area contributed by atoms with Gasteiger partial charge in [0.1, 0.15) is 23.8 Å². The van der Waals surface area contributed by atoms with Gasteiger partial charge in [0.25, 0.3) is 11.8 Å². The molecule has 13 nitrogen and oxygen atoms in total. The molecule has 2 heterocycles. The number of benzene rings is 1. The van der Waals surface area contributed by atoms with E-state index in [1.54, 1.807) is 27.7 Å². The second kappa shape index (κ2) is 16.9. The third-order valence-corrected chi connectivity index (χ3v) is 10.3. The van der Waals surface area contributed by atoms with Gasteiger partial charge in [-0.1, -0.05) is 97.7 Å². The average molecular weight is 733 g/mol. The number of carbonyl (C=O) groups excluding carboxylic acids is 6. The lowest BCUT2D eigenvalue weighted by Crippen LogP contribution is -2.63. The van der Waals surface area contributed by atoms with Crippen molar-refractivity contribution in [1.82, 2.24) is 31.2 Å². The van der Waals surface area contributed by atoms with E-state index in [0.717, 1.165) is 24.8 Å². The molecule has 1 saturated heterocycles. The zero-order chi connectivity index (χ0) is 39.2. The molecular formula is C40H56N6O7. The van der Waals surface area contributed by atoms with E-state index in [1.165, 1.54) is 23.1 Å². The molecule has 1 aliphatic heterocycles. The highest BCUT2D eigenvalue weighted by molar-refractivity contribution is 6.38. The Kier molecular flexibility index (Phi) is 13.1. The molecule has 288 valence electrons. The molecule has 53 heavy (non-hydrogen) atoms. The summed E-state index contributed by atoms with van der Waals surface area (Å²) in [6.07, 6.45) is 3.23. The highest BCUT2D eigenvalue weighted by Crippen LogP contribution is 2.43. The van der Waals surface area contributed by atoms with E-state index in [1.807, 2.05) is 58.0 Å². The van der Waals surface area contributed by atoms with Gasteiger partial charge in [-0.25, -0.2) is 0 Å². The van der Waals surface area contributed by atoms with Crippen LogP contribution in [-0.2, 0) is 24.0 Å². The lowest BCUT2D eigenvalue weighted by molar-refractivity contribution is -0.146. The Balaban J connectivity index is 1.55. The van der Waals surface area contributed by atoms with Crippen molar-refractivity contribution in [2.24, 2.45) is 22.7 Å². The molecule has 1 aromatic carbocycles. The number of amides is 5. The van der Waals surface area contributed by atoms with Gasteiger partial charge in [0, 0.05) is 12.6 Å². The molecule has 13 heteroatoms. The molecule has 1 aromatic heterocycles. The molecule has 0 spiro atoms. The molecule has 0 bridgehead atoms. The van der Waals surface area contributed by atoms with Gasteiger partial charge < -0.3 is 31.2 Å². The fraction of sp³-hybridized carbons (Fsp3) is 0.575. The van der Waals surface area contributed by atoms with Gasteiger partial charge in [-0.15, -0.1) is 0 Å². The van der Waals surface area contributed by atoms with Crippen LogP contribution in [0, 0.1) is 22.7 Å². The first-order chi connectivity index (χ1) is 24.8. The normalized spacial score (nSPS) is 20.7. The molecule has 4 rings (SSSR count). The quantitative estimate of drug-likeness (QED) is 0.195. The maximum absolute atomic E-state index is 14.6. The summed E-state index contributed by atoms with van der Waals surface area (Å²) in [5.74, 6) is -3.82. The molecule has 5 N–H and O–H groups in total. The SMILES string of the molecule is CCC[C@@H](NC(=O)[C@@H]1C2CCC[C@H]2CN1C(=O)[C@@H](NC(=O)[C@H](NC(=O)c1cccc(=O)[nH]1)C(C)(C)C)C(C)(C)C)C(=O)C(=O)N[C@@H](C)c1ccccc1. The van der Waals surface area contributed by atoms with Crippen LogP contribution in [0.25, 0.3) is 0 Å². The van der Waals surface area contributed by atoms with Gasteiger partial charge >= 0.3 is 0 Å². The summed E-state index contributed by atoms with van der Waals surface area (Å²) in [5, 5.41) is 11.2. The number of Topliss-reactive ketones (excluding diaryl/α,β-unsaturated/α-hetero) is 1. The van der Waals surface area contributed by atoms with Crippen LogP contribution in [-0.4, -0.2) is 75.9 Å². The van der Waals surface area contributed by atoms with Crippen molar-refractivity contribution in [1.29, 1.82) is 0 Å². The second-order valence-electron chi connectivity index (χ2n) is 16.6. The zero-order valence-corrected chi connectivity index (χ0v) is 32.2. The molecule has 1 saturated carbocycles. The van der Waals surface area contributed by atoms with Crippen LogP contribution in [0.4, 0.5) is 0 Å². The average Bonchev–Trinajstić information content (AvgIpc) is 3.70. The third kappa shape index (κ3) is 10.00. The van der Waals surface area contributed by atoms with Crippen LogP contribution in [0.15, 0.2) is 53.3 Å². The Morgan fingerprint density at radius 3 is 2.09 bits per heavy atom. The first-order valence-corrected chi connectivity index (χ1v) is 18.6. The van der Waals surface area contributed by atoms with Crippen LogP contribution in [0.3, 0.4) is 0 Å². The molecule has 2 aromatic rings. The number of fused-ring (bicyclic) bond motifs is 1. The molecular weight excluding hydrogens is 676 g/mol. The molecule has 1 aliphatic carbocycles. The van der Waals surface area contributed by atoms with E-state index in [4.69, 9.17) is 0 Å². The number of hydrogen-bond donors (Lipinski definition) is 5. The van der Waals surface area contributed by atoms with E-state index in [2.05, 4.69) is 26.3 Å². The van der Waals surface area contributed by atoms with Crippen molar-refractivity contribution in [3.8, 4) is 0 Å². The number of hydrogen-bond acceptors (Lipinski definition) is 7. The number of likely N-dealkylation sites (tertiary alicyclic amines) is 1. The predicted molar refractivity (Wildman–Crippen MR) is 200 cm³/mol. The lowest BCUT2D eigenvalue weighted by atomic mass is 9.82. The number of aromatic nitrogens is 1. The van der Waals surface area contributed by atoms with E-state index >= 15 is 0 Å². The van der Waals surface area contributed by atoms with Crippen LogP contribution < -0.4 is 26.8 Å². The van der Waals surface area contributed by atoms with Gasteiger partial charge in [-0.2, -0.15) is 0 Å². The van der Waals surface area contributed by atoms with Gasteiger partial charge in [0.2, 0.25) is 29.1 Å². The Hall–Kier alpha value is -4.81. The van der Waals surface area contributed by atoms with Crippen LogP contribution >= 0.6 is 0 Å². The number of nitrogens with zero attached hydrogens (tertiary/aromatic N) is 1. The summed E-state index contributed by atoms with van der Waals surface area (Å²) >= 11 is 0. The van der Waals surface area contributed by atoms with Gasteiger partial charge in [-0.05, 0) is 60.5 Å². The molecule has 2 fully saturated rings. The molecule has 1 unspecified atom stereocenters. The zero-order valence-electron chi connectivity index (χ0n) is 32.2. The lowest BCUT2D eigenvalue weighted by Gasteiger charge is -2.38. The first kappa shape index (κ1) is 41.0. The van der Waals surface area contributed by atoms with E-state index in [0.29, 0.717) is 13.0 Å². The van der Waals surface area contributed by atoms with Gasteiger partial charge in [0.15, 0.2) is 0 Å². The summed E-state index contributed by atoms with van der Waals surface area (Å²) < 4.78 is 0. The van der Waals surface area contributed by atoms with E-state index in [-0.39, 0.29) is 24.0 Å². The number of nitrogens with one attached hydrogen (secondary N) is 5. The largest absolute Gasteiger partial charge is 0.344 e. The summed E-state index contributed by atoms with van der Waals surface area (Å²) in [4.78, 5) is 98.4. The van der Waals surface area contributed by atoms with Crippen LogP contribution in [0.5, 0.6) is 0 Å². The Morgan fingerprint density at radius 2 is 1.49 bits per heavy atom. The maximum Gasteiger partial charge on any atom is 0.290 e. The fourth-order valence-corrected chi connectivity index (χ4v) is 7.44. The van der Waals surface area contributed by atoms with Crippen molar-refractivity contribution in [3.63, 3.8) is 0 Å². The van der Waals surface area contributed by atoms with Crippen LogP contribution in [0.2, 0.25) is 0 Å². The predicted octanol–water partition coefficient (Wildman–Crippen LogP) is 3.41. The number of rotatable bonds is 13. The Bertz CT molecular complexity index is 1730. The first-order valence-electron chi connectivity index (χ1n) is 18.6. The van der Waals surface area contributed by atoms with Crippen molar-refractivity contribution >= 4 is 35.3 Å². The Morgan fingerprint density at radius 1 is 0.830 bits per heavy atom. The highest BCUT2D eigenvalue weighted by atomic mass is 16.2. The monoisotopic (exact) mass is 732 g/mol. The van der Waals surface area contributed by atoms with E-state index in [9.17, 15) is 33.6 Å². The highest BCUT2D eigenvalue weighted by Gasteiger charge is 2.52. The minimum atomic E-state index is -1.09. The van der Waals surface area contributed by atoms with Gasteiger partial charge in [0.05, 0.1) is 12.1 Å². The molecule has 7 atom stereocenters. The summed E-state index contributed by atoms with van der Waals surface area (Å²) in [6, 6.07) is 8.82. The number of ketones is 1. The standard InChI is InChI=1S/C40H56N6O7/c1-9-15-27(31(48)36(51)41-23(2)24-16-11-10-12-17-24)43-35(50)30-26-19-13-18-25(26)22-46(30)38(53)33(40(6,7)8)45-37(52)32(39(3,4)5)44-34(49)28-20-14-21-29(47)42-28/h10-12,14,16-17,20-21,23,25-27,30,32-33H,9,13,15,18-19,22H2,1-8H3,(H,41,51)(H,42,47)(H,43,50)(H,44,49)(H,45,52)/t23-,25-,26?,27+,30-,32-,33+/m0/s1. The molecule has 0 radical (unpaired) electrons. The number of pyridine rings is 1. The summed E-state index contributed by atoms with van der Waals surface area (Å²) in [6.45, 7) is 14.7. The van der Waals surface area contributed by atoms with E-state index < -0.39 is 81.9 Å². The topological polar surface area (TPSA) is 187 Å². The number of H-pyrrole nitrogens is 1. The Labute approximate surface area is 311 Å². The smallest absolute Gasteiger partial charge is 0.290 e. The van der Waals surface area contributed by atoms with Crippen molar-refractivity contribution in [2.75, 3.05) is 6.54 Å². The van der Waals surface area contributed by atoms with Crippen LogP contribution in [0.1, 0.15) is 110 Å². The van der Waals surface area contributed by atoms with Gasteiger partial charge in [-0.3, -0.25) is 33.6 Å². The molecule has 2 aliphatic rings. The number of aromatic amines is 1. The number of carbonyl (C=O) groups is 6. The fourth-order valence-electron chi connectivity index (χ4n) is 7.44. The van der Waals surface area contributed by atoms with Crippen molar-refractivity contribution < 1.29 is 28.8 Å². The van der Waals surface area contributed by atoms with Crippen molar-refractivity contribution in [3.05, 3.63) is 70.1 Å². The summed E-state index contributed by atoms with van der Waals surface area (Å²) in [7, 11) is 0. The summed E-state index contributed by atoms with van der Waals surface area (Å²) in [5.41, 5.74) is -1.24. The minimum Gasteiger partial charge on any atom is -0.344 e. The van der Waals surface area contributed by atoms with Crippen molar-refractivity contribution in [2.45, 2.75) is 118 Å². The maximum atomic E-state index is 14.6.